The molecule has 0 unspecified atom stereocenters. The SMILES string of the molecule is COC(=O)c1ccc([C@@H]2CC(=O)N3C(=C2C#N)SC[C@@]3(O)c2ccc(C)cc2)cc1. The first-order chi connectivity index (χ1) is 14.4. The molecule has 30 heavy (non-hydrogen) atoms. The quantitative estimate of drug-likeness (QED) is 0.765. The summed E-state index contributed by atoms with van der Waals surface area (Å²) in [5, 5.41) is 21.8. The van der Waals surface area contributed by atoms with Crippen molar-refractivity contribution in [1.82, 2.24) is 4.90 Å². The number of ether oxygens (including phenoxy) is 1. The minimum atomic E-state index is -1.48. The molecule has 2 heterocycles. The van der Waals surface area contributed by atoms with Crippen LogP contribution in [0.25, 0.3) is 0 Å². The van der Waals surface area contributed by atoms with Gasteiger partial charge < -0.3 is 9.84 Å². The number of aliphatic hydroxyl groups is 1. The molecular formula is C23H20N2O4S. The van der Waals surface area contributed by atoms with Crippen LogP contribution in [0.15, 0.2) is 59.1 Å². The number of carbonyl (C=O) groups is 2. The number of fused-ring (bicyclic) bond motifs is 1. The summed E-state index contributed by atoms with van der Waals surface area (Å²) in [6.45, 7) is 1.96. The van der Waals surface area contributed by atoms with Crippen LogP contribution in [0.2, 0.25) is 0 Å². The molecule has 0 bridgehead atoms. The lowest BCUT2D eigenvalue weighted by Crippen LogP contribution is -2.48. The molecule has 0 aliphatic carbocycles. The van der Waals surface area contributed by atoms with Gasteiger partial charge in [0.05, 0.1) is 35.1 Å². The highest BCUT2D eigenvalue weighted by Gasteiger charge is 2.51. The molecule has 0 radical (unpaired) electrons. The van der Waals surface area contributed by atoms with Crippen molar-refractivity contribution in [1.29, 1.82) is 5.26 Å². The Balaban J connectivity index is 1.73. The van der Waals surface area contributed by atoms with Crippen LogP contribution < -0.4 is 0 Å². The number of hydrogen-bond acceptors (Lipinski definition) is 6. The lowest BCUT2D eigenvalue weighted by molar-refractivity contribution is -0.149. The molecule has 1 saturated heterocycles. The largest absolute Gasteiger partial charge is 0.465 e. The third-order valence-corrected chi connectivity index (χ3v) is 6.78. The Hall–Kier alpha value is -3.08. The van der Waals surface area contributed by atoms with Gasteiger partial charge in [-0.05, 0) is 24.6 Å². The maximum Gasteiger partial charge on any atom is 0.337 e. The van der Waals surface area contributed by atoms with E-state index in [1.54, 1.807) is 24.3 Å². The van der Waals surface area contributed by atoms with Crippen LogP contribution in [0, 0.1) is 18.3 Å². The second-order valence-electron chi connectivity index (χ2n) is 7.40. The third-order valence-electron chi connectivity index (χ3n) is 5.56. The number of methoxy groups -OCH3 is 1. The molecule has 2 aromatic carbocycles. The molecule has 2 aromatic rings. The second-order valence-corrected chi connectivity index (χ2v) is 8.37. The zero-order chi connectivity index (χ0) is 21.5. The van der Waals surface area contributed by atoms with Gasteiger partial charge in [-0.15, -0.1) is 11.8 Å². The van der Waals surface area contributed by atoms with Crippen LogP contribution in [0.5, 0.6) is 0 Å². The molecule has 0 spiro atoms. The maximum absolute atomic E-state index is 13.1. The van der Waals surface area contributed by atoms with Gasteiger partial charge >= 0.3 is 5.97 Å². The van der Waals surface area contributed by atoms with Crippen molar-refractivity contribution in [3.8, 4) is 6.07 Å². The van der Waals surface area contributed by atoms with Crippen LogP contribution in [-0.2, 0) is 15.3 Å². The summed E-state index contributed by atoms with van der Waals surface area (Å²) in [5.41, 5.74) is 1.83. The molecule has 2 aliphatic rings. The van der Waals surface area contributed by atoms with E-state index in [1.807, 2.05) is 31.2 Å². The van der Waals surface area contributed by atoms with Gasteiger partial charge in [-0.2, -0.15) is 5.26 Å². The van der Waals surface area contributed by atoms with E-state index < -0.39 is 17.6 Å². The molecular weight excluding hydrogens is 400 g/mol. The van der Waals surface area contributed by atoms with Crippen LogP contribution in [0.1, 0.15) is 39.4 Å². The standard InChI is InChI=1S/C23H20N2O4S/c1-14-3-9-17(10-4-14)23(28)13-30-21-19(12-24)18(11-20(26)25(21)23)15-5-7-16(8-6-15)22(27)29-2/h3-10,18,28H,11,13H2,1-2H3/t18-,23+/m0/s1. The fourth-order valence-corrected chi connectivity index (χ4v) is 5.27. The van der Waals surface area contributed by atoms with Gasteiger partial charge in [0, 0.05) is 17.9 Å². The van der Waals surface area contributed by atoms with Gasteiger partial charge in [0.2, 0.25) is 5.91 Å². The van der Waals surface area contributed by atoms with Gasteiger partial charge in [0.1, 0.15) is 0 Å². The average molecular weight is 420 g/mol. The predicted octanol–water partition coefficient (Wildman–Crippen LogP) is 3.42. The lowest BCUT2D eigenvalue weighted by Gasteiger charge is -2.38. The van der Waals surface area contributed by atoms with Crippen LogP contribution >= 0.6 is 11.8 Å². The summed E-state index contributed by atoms with van der Waals surface area (Å²) in [5.74, 6) is -0.843. The molecule has 0 aromatic heterocycles. The Kier molecular flexibility index (Phi) is 5.14. The first-order valence-electron chi connectivity index (χ1n) is 9.47. The zero-order valence-corrected chi connectivity index (χ0v) is 17.4. The molecule has 1 N–H and O–H groups in total. The normalized spacial score (nSPS) is 23.2. The Morgan fingerprint density at radius 1 is 1.23 bits per heavy atom. The topological polar surface area (TPSA) is 90.6 Å². The van der Waals surface area contributed by atoms with Gasteiger partial charge in [-0.1, -0.05) is 42.0 Å². The number of allylic oxidation sites excluding steroid dienone is 1. The Bertz CT molecular complexity index is 1090. The molecule has 2 aliphatic heterocycles. The average Bonchev–Trinajstić information content (AvgIpc) is 3.12. The van der Waals surface area contributed by atoms with E-state index in [0.717, 1.165) is 11.1 Å². The highest BCUT2D eigenvalue weighted by Crippen LogP contribution is 2.51. The Morgan fingerprint density at radius 2 is 1.90 bits per heavy atom. The lowest BCUT2D eigenvalue weighted by atomic mass is 9.85. The van der Waals surface area contributed by atoms with Crippen molar-refractivity contribution >= 4 is 23.6 Å². The predicted molar refractivity (Wildman–Crippen MR) is 112 cm³/mol. The summed E-state index contributed by atoms with van der Waals surface area (Å²) in [4.78, 5) is 26.2. The van der Waals surface area contributed by atoms with Gasteiger partial charge in [-0.3, -0.25) is 9.69 Å². The number of esters is 1. The summed E-state index contributed by atoms with van der Waals surface area (Å²) < 4.78 is 4.72. The first kappa shape index (κ1) is 20.2. The Morgan fingerprint density at radius 3 is 2.50 bits per heavy atom. The van der Waals surface area contributed by atoms with Crippen LogP contribution in [-0.4, -0.2) is 34.7 Å². The number of benzene rings is 2. The monoisotopic (exact) mass is 420 g/mol. The molecule has 0 saturated carbocycles. The van der Waals surface area contributed by atoms with E-state index in [2.05, 4.69) is 6.07 Å². The summed E-state index contributed by atoms with van der Waals surface area (Å²) in [7, 11) is 1.31. The van der Waals surface area contributed by atoms with Gasteiger partial charge in [0.25, 0.3) is 0 Å². The van der Waals surface area contributed by atoms with E-state index in [4.69, 9.17) is 4.74 Å². The molecule has 6 nitrogen and oxygen atoms in total. The zero-order valence-electron chi connectivity index (χ0n) is 16.6. The van der Waals surface area contributed by atoms with E-state index >= 15 is 0 Å². The number of thioether (sulfide) groups is 1. The molecule has 1 amide bonds. The highest BCUT2D eigenvalue weighted by molar-refractivity contribution is 8.03. The third kappa shape index (κ3) is 3.18. The highest BCUT2D eigenvalue weighted by atomic mass is 32.2. The minimum Gasteiger partial charge on any atom is -0.465 e. The van der Waals surface area contributed by atoms with Gasteiger partial charge in [0.15, 0.2) is 5.72 Å². The van der Waals surface area contributed by atoms with Crippen molar-refractivity contribution in [3.63, 3.8) is 0 Å². The smallest absolute Gasteiger partial charge is 0.337 e. The summed E-state index contributed by atoms with van der Waals surface area (Å²) >= 11 is 1.32. The summed E-state index contributed by atoms with van der Waals surface area (Å²) in [6, 6.07) is 16.4. The molecule has 1 fully saturated rings. The van der Waals surface area contributed by atoms with E-state index in [1.165, 1.54) is 23.8 Å². The maximum atomic E-state index is 13.1. The van der Waals surface area contributed by atoms with E-state index in [9.17, 15) is 20.0 Å². The fraction of sp³-hybridized carbons (Fsp3) is 0.261. The minimum absolute atomic E-state index is 0.0682. The first-order valence-corrected chi connectivity index (χ1v) is 10.5. The number of aryl methyl sites for hydroxylation is 1. The number of rotatable bonds is 3. The second kappa shape index (κ2) is 7.63. The van der Waals surface area contributed by atoms with Crippen molar-refractivity contribution < 1.29 is 19.4 Å². The Labute approximate surface area is 178 Å². The van der Waals surface area contributed by atoms with Gasteiger partial charge in [-0.25, -0.2) is 4.79 Å². The van der Waals surface area contributed by atoms with E-state index in [0.29, 0.717) is 21.7 Å². The molecule has 152 valence electrons. The van der Waals surface area contributed by atoms with E-state index in [-0.39, 0.29) is 18.1 Å². The van der Waals surface area contributed by atoms with Crippen molar-refractivity contribution in [3.05, 3.63) is 81.4 Å². The van der Waals surface area contributed by atoms with Crippen molar-refractivity contribution in [2.24, 2.45) is 0 Å². The number of nitrogens with zero attached hydrogens (tertiary/aromatic N) is 2. The van der Waals surface area contributed by atoms with Crippen molar-refractivity contribution in [2.75, 3.05) is 12.9 Å². The van der Waals surface area contributed by atoms with Crippen LogP contribution in [0.4, 0.5) is 0 Å². The number of nitriles is 1. The van der Waals surface area contributed by atoms with Crippen LogP contribution in [0.3, 0.4) is 0 Å². The number of amides is 1. The molecule has 2 atom stereocenters. The number of carbonyl (C=O) groups excluding carboxylic acids is 2. The number of hydrogen-bond donors (Lipinski definition) is 1. The molecule has 7 heteroatoms. The molecule has 4 rings (SSSR count). The fourth-order valence-electron chi connectivity index (χ4n) is 3.91. The summed E-state index contributed by atoms with van der Waals surface area (Å²) in [6.07, 6.45) is 0.0682. The van der Waals surface area contributed by atoms with Crippen molar-refractivity contribution in [2.45, 2.75) is 25.0 Å².